The van der Waals surface area contributed by atoms with Gasteiger partial charge in [0.2, 0.25) is 10.0 Å². The summed E-state index contributed by atoms with van der Waals surface area (Å²) in [4.78, 5) is 4.21. The quantitative estimate of drug-likeness (QED) is 0.796. The van der Waals surface area contributed by atoms with Crippen LogP contribution in [0.4, 0.5) is 0 Å². The zero-order valence-electron chi connectivity index (χ0n) is 12.2. The largest absolute Gasteiger partial charge is 0.336 e. The highest BCUT2D eigenvalue weighted by atomic mass is 32.2. The van der Waals surface area contributed by atoms with Crippen LogP contribution in [-0.4, -0.2) is 31.6 Å². The Kier molecular flexibility index (Phi) is 5.11. The smallest absolute Gasteiger partial charge is 0.240 e. The Labute approximate surface area is 125 Å². The molecular weight excluding hydrogens is 288 g/mol. The summed E-state index contributed by atoms with van der Waals surface area (Å²) in [6, 6.07) is 5.18. The molecule has 2 N–H and O–H groups in total. The van der Waals surface area contributed by atoms with Crippen molar-refractivity contribution in [1.82, 2.24) is 19.6 Å². The Bertz CT molecular complexity index is 681. The maximum Gasteiger partial charge on any atom is 0.240 e. The molecule has 0 bridgehead atoms. The average Bonchev–Trinajstić information content (AvgIpc) is 2.94. The van der Waals surface area contributed by atoms with Crippen LogP contribution in [0.15, 0.2) is 41.8 Å². The van der Waals surface area contributed by atoms with Crippen LogP contribution in [0, 0.1) is 6.92 Å². The third-order valence-corrected chi connectivity index (χ3v) is 4.68. The Hall–Kier alpha value is -1.70. The highest BCUT2D eigenvalue weighted by Gasteiger charge is 2.14. The number of aryl methyl sites for hydroxylation is 1. The van der Waals surface area contributed by atoms with Crippen molar-refractivity contribution in [3.8, 4) is 0 Å². The van der Waals surface area contributed by atoms with E-state index in [2.05, 4.69) is 15.0 Å². The summed E-state index contributed by atoms with van der Waals surface area (Å²) in [7, 11) is -1.65. The van der Waals surface area contributed by atoms with Gasteiger partial charge in [0, 0.05) is 32.0 Å². The predicted molar refractivity (Wildman–Crippen MR) is 81.4 cm³/mol. The SMILES string of the molecule is CNCc1cc(S(=O)(=O)NCCn2ccnc2)ccc1C. The van der Waals surface area contributed by atoms with E-state index in [4.69, 9.17) is 0 Å². The van der Waals surface area contributed by atoms with E-state index in [0.29, 0.717) is 24.5 Å². The molecular formula is C14H20N4O2S. The van der Waals surface area contributed by atoms with E-state index in [0.717, 1.165) is 11.1 Å². The molecule has 0 aliphatic heterocycles. The van der Waals surface area contributed by atoms with Gasteiger partial charge in [0.25, 0.3) is 0 Å². The van der Waals surface area contributed by atoms with Crippen molar-refractivity contribution in [3.05, 3.63) is 48.0 Å². The molecule has 114 valence electrons. The van der Waals surface area contributed by atoms with Gasteiger partial charge in [-0.2, -0.15) is 0 Å². The van der Waals surface area contributed by atoms with Gasteiger partial charge in [0.15, 0.2) is 0 Å². The van der Waals surface area contributed by atoms with Gasteiger partial charge in [-0.05, 0) is 37.2 Å². The van der Waals surface area contributed by atoms with Crippen molar-refractivity contribution in [2.45, 2.75) is 24.9 Å². The van der Waals surface area contributed by atoms with Crippen molar-refractivity contribution < 1.29 is 8.42 Å². The van der Waals surface area contributed by atoms with Crippen LogP contribution in [0.1, 0.15) is 11.1 Å². The topological polar surface area (TPSA) is 76.0 Å². The molecule has 1 aromatic heterocycles. The van der Waals surface area contributed by atoms with Gasteiger partial charge in [-0.1, -0.05) is 6.07 Å². The first-order valence-corrected chi connectivity index (χ1v) is 8.21. The molecule has 0 aliphatic rings. The van der Waals surface area contributed by atoms with E-state index in [9.17, 15) is 8.42 Å². The first-order valence-electron chi connectivity index (χ1n) is 6.72. The van der Waals surface area contributed by atoms with E-state index >= 15 is 0 Å². The number of rotatable bonds is 7. The number of benzene rings is 1. The highest BCUT2D eigenvalue weighted by Crippen LogP contribution is 2.15. The van der Waals surface area contributed by atoms with Crippen LogP contribution in [-0.2, 0) is 23.1 Å². The minimum absolute atomic E-state index is 0.295. The molecule has 0 radical (unpaired) electrons. The average molecular weight is 308 g/mol. The molecule has 0 unspecified atom stereocenters. The molecule has 0 fully saturated rings. The maximum absolute atomic E-state index is 12.3. The fourth-order valence-corrected chi connectivity index (χ4v) is 3.08. The summed E-state index contributed by atoms with van der Waals surface area (Å²) in [5.41, 5.74) is 2.05. The summed E-state index contributed by atoms with van der Waals surface area (Å²) >= 11 is 0. The van der Waals surface area contributed by atoms with Crippen molar-refractivity contribution in [2.24, 2.45) is 0 Å². The number of aromatic nitrogens is 2. The fraction of sp³-hybridized carbons (Fsp3) is 0.357. The normalized spacial score (nSPS) is 11.7. The van der Waals surface area contributed by atoms with Crippen LogP contribution in [0.2, 0.25) is 0 Å². The molecule has 0 atom stereocenters. The Morgan fingerprint density at radius 1 is 1.33 bits per heavy atom. The van der Waals surface area contributed by atoms with E-state index in [1.54, 1.807) is 30.9 Å². The standard InChI is InChI=1S/C14H20N4O2S/c1-12-3-4-14(9-13(12)10-15-2)21(19,20)17-6-8-18-7-5-16-11-18/h3-5,7,9,11,15,17H,6,8,10H2,1-2H3. The van der Waals surface area contributed by atoms with Gasteiger partial charge >= 0.3 is 0 Å². The number of imidazole rings is 1. The predicted octanol–water partition coefficient (Wildman–Crippen LogP) is 0.889. The first-order chi connectivity index (χ1) is 10.0. The molecule has 0 saturated heterocycles. The Morgan fingerprint density at radius 2 is 2.14 bits per heavy atom. The van der Waals surface area contributed by atoms with Crippen LogP contribution in [0.5, 0.6) is 0 Å². The third kappa shape index (κ3) is 4.13. The second-order valence-electron chi connectivity index (χ2n) is 4.82. The van der Waals surface area contributed by atoms with Gasteiger partial charge < -0.3 is 9.88 Å². The van der Waals surface area contributed by atoms with Crippen molar-refractivity contribution in [1.29, 1.82) is 0 Å². The van der Waals surface area contributed by atoms with Crippen LogP contribution < -0.4 is 10.0 Å². The molecule has 2 rings (SSSR count). The van der Waals surface area contributed by atoms with Crippen molar-refractivity contribution in [2.75, 3.05) is 13.6 Å². The third-order valence-electron chi connectivity index (χ3n) is 3.22. The van der Waals surface area contributed by atoms with Crippen molar-refractivity contribution in [3.63, 3.8) is 0 Å². The summed E-state index contributed by atoms with van der Waals surface area (Å²) in [6.07, 6.45) is 5.12. The Morgan fingerprint density at radius 3 is 2.81 bits per heavy atom. The van der Waals surface area contributed by atoms with E-state index in [1.807, 2.05) is 24.6 Å². The first kappa shape index (κ1) is 15.7. The molecule has 0 aliphatic carbocycles. The van der Waals surface area contributed by atoms with Crippen LogP contribution >= 0.6 is 0 Å². The monoisotopic (exact) mass is 308 g/mol. The second-order valence-corrected chi connectivity index (χ2v) is 6.58. The minimum Gasteiger partial charge on any atom is -0.336 e. The maximum atomic E-state index is 12.3. The summed E-state index contributed by atoms with van der Waals surface area (Å²) in [5, 5.41) is 3.04. The zero-order valence-corrected chi connectivity index (χ0v) is 13.0. The van der Waals surface area contributed by atoms with Gasteiger partial charge in [0.05, 0.1) is 11.2 Å². The molecule has 2 aromatic rings. The van der Waals surface area contributed by atoms with Gasteiger partial charge in [-0.25, -0.2) is 18.1 Å². The summed E-state index contributed by atoms with van der Waals surface area (Å²) in [5.74, 6) is 0. The lowest BCUT2D eigenvalue weighted by atomic mass is 10.1. The van der Waals surface area contributed by atoms with Crippen LogP contribution in [0.3, 0.4) is 0 Å². The molecule has 0 amide bonds. The van der Waals surface area contributed by atoms with Crippen LogP contribution in [0.25, 0.3) is 0 Å². The molecule has 1 heterocycles. The number of sulfonamides is 1. The molecule has 6 nitrogen and oxygen atoms in total. The van der Waals surface area contributed by atoms with E-state index in [-0.39, 0.29) is 0 Å². The van der Waals surface area contributed by atoms with Gasteiger partial charge in [-0.3, -0.25) is 0 Å². The summed E-state index contributed by atoms with van der Waals surface area (Å²) < 4.78 is 29.0. The minimum atomic E-state index is -3.48. The molecule has 0 saturated carbocycles. The number of hydrogen-bond donors (Lipinski definition) is 2. The lowest BCUT2D eigenvalue weighted by Gasteiger charge is -2.10. The molecule has 0 spiro atoms. The van der Waals surface area contributed by atoms with E-state index < -0.39 is 10.0 Å². The number of nitrogens with one attached hydrogen (secondary N) is 2. The lowest BCUT2D eigenvalue weighted by molar-refractivity contribution is 0.572. The highest BCUT2D eigenvalue weighted by molar-refractivity contribution is 7.89. The van der Waals surface area contributed by atoms with Gasteiger partial charge in [-0.15, -0.1) is 0 Å². The fourth-order valence-electron chi connectivity index (χ4n) is 2.01. The number of hydrogen-bond acceptors (Lipinski definition) is 4. The zero-order chi connectivity index (χ0) is 15.3. The molecule has 1 aromatic carbocycles. The molecule has 21 heavy (non-hydrogen) atoms. The van der Waals surface area contributed by atoms with Crippen molar-refractivity contribution >= 4 is 10.0 Å². The van der Waals surface area contributed by atoms with E-state index in [1.165, 1.54) is 0 Å². The lowest BCUT2D eigenvalue weighted by Crippen LogP contribution is -2.27. The van der Waals surface area contributed by atoms with Gasteiger partial charge in [0.1, 0.15) is 0 Å². The Balaban J connectivity index is 2.06. The summed E-state index contributed by atoms with van der Waals surface area (Å²) in [6.45, 7) is 3.49. The molecule has 7 heteroatoms. The number of nitrogens with zero attached hydrogens (tertiary/aromatic N) is 2. The second kappa shape index (κ2) is 6.84.